The van der Waals surface area contributed by atoms with Crippen molar-refractivity contribution in [1.29, 1.82) is 0 Å². The lowest BCUT2D eigenvalue weighted by molar-refractivity contribution is 0.159. The fraction of sp³-hybridized carbons (Fsp3) is 0.438. The third-order valence-corrected chi connectivity index (χ3v) is 3.86. The molecule has 0 spiro atoms. The molecule has 1 aliphatic rings. The standard InChI is InChI=1S/C16H21N3O/c1-3-15-14(13-6-4-5-7-16(13)20-15)12-17-19-10-8-18(2)9-11-19/h4-7,12H,3,8-11H2,1-2H3/b17-12-. The molecule has 0 atom stereocenters. The number of rotatable bonds is 3. The molecule has 1 fully saturated rings. The van der Waals surface area contributed by atoms with Crippen molar-refractivity contribution in [2.24, 2.45) is 5.10 Å². The van der Waals surface area contributed by atoms with Crippen molar-refractivity contribution in [3.8, 4) is 0 Å². The van der Waals surface area contributed by atoms with E-state index >= 15 is 0 Å². The van der Waals surface area contributed by atoms with Gasteiger partial charge in [-0.15, -0.1) is 0 Å². The molecule has 1 aromatic carbocycles. The van der Waals surface area contributed by atoms with Gasteiger partial charge in [-0.25, -0.2) is 0 Å². The van der Waals surface area contributed by atoms with Gasteiger partial charge in [-0.1, -0.05) is 25.1 Å². The summed E-state index contributed by atoms with van der Waals surface area (Å²) in [5.41, 5.74) is 2.08. The lowest BCUT2D eigenvalue weighted by atomic mass is 10.1. The Kier molecular flexibility index (Phi) is 3.74. The van der Waals surface area contributed by atoms with Gasteiger partial charge in [0.2, 0.25) is 0 Å². The van der Waals surface area contributed by atoms with E-state index in [2.05, 4.69) is 35.0 Å². The van der Waals surface area contributed by atoms with E-state index in [-0.39, 0.29) is 0 Å². The van der Waals surface area contributed by atoms with Crippen LogP contribution in [0.1, 0.15) is 18.2 Å². The van der Waals surface area contributed by atoms with Gasteiger partial charge in [0.1, 0.15) is 11.3 Å². The number of benzene rings is 1. The van der Waals surface area contributed by atoms with Gasteiger partial charge in [0.25, 0.3) is 0 Å². The Hall–Kier alpha value is -1.81. The van der Waals surface area contributed by atoms with E-state index in [9.17, 15) is 0 Å². The molecule has 0 unspecified atom stereocenters. The third-order valence-electron chi connectivity index (χ3n) is 3.86. The summed E-state index contributed by atoms with van der Waals surface area (Å²) in [6.45, 7) is 6.24. The van der Waals surface area contributed by atoms with Crippen molar-refractivity contribution >= 4 is 17.2 Å². The molecular formula is C16H21N3O. The maximum absolute atomic E-state index is 5.89. The van der Waals surface area contributed by atoms with Crippen molar-refractivity contribution in [3.05, 3.63) is 35.6 Å². The zero-order valence-electron chi connectivity index (χ0n) is 12.2. The van der Waals surface area contributed by atoms with Crippen LogP contribution in [0.2, 0.25) is 0 Å². The zero-order valence-corrected chi connectivity index (χ0v) is 12.2. The number of fused-ring (bicyclic) bond motifs is 1. The van der Waals surface area contributed by atoms with Crippen molar-refractivity contribution in [1.82, 2.24) is 9.91 Å². The first kappa shape index (κ1) is 13.2. The van der Waals surface area contributed by atoms with E-state index in [1.54, 1.807) is 0 Å². The summed E-state index contributed by atoms with van der Waals surface area (Å²) < 4.78 is 5.89. The number of furan rings is 1. The lowest BCUT2D eigenvalue weighted by Gasteiger charge is -2.30. The Morgan fingerprint density at radius 1 is 1.20 bits per heavy atom. The molecule has 20 heavy (non-hydrogen) atoms. The molecule has 2 aromatic rings. The van der Waals surface area contributed by atoms with E-state index in [4.69, 9.17) is 4.42 Å². The number of hydrogen-bond acceptors (Lipinski definition) is 4. The van der Waals surface area contributed by atoms with Crippen LogP contribution in [-0.2, 0) is 6.42 Å². The number of aryl methyl sites for hydroxylation is 1. The lowest BCUT2D eigenvalue weighted by Crippen LogP contribution is -2.41. The molecule has 1 aliphatic heterocycles. The van der Waals surface area contributed by atoms with E-state index in [1.807, 2.05) is 24.4 Å². The molecule has 0 radical (unpaired) electrons. The predicted octanol–water partition coefficient (Wildman–Crippen LogP) is 2.58. The normalized spacial score (nSPS) is 17.4. The van der Waals surface area contributed by atoms with Crippen LogP contribution in [0, 0.1) is 0 Å². The van der Waals surface area contributed by atoms with E-state index in [1.165, 1.54) is 0 Å². The highest BCUT2D eigenvalue weighted by Crippen LogP contribution is 2.24. The molecule has 0 saturated carbocycles. The zero-order chi connectivity index (χ0) is 13.9. The van der Waals surface area contributed by atoms with Crippen LogP contribution in [-0.4, -0.2) is 49.4 Å². The van der Waals surface area contributed by atoms with Gasteiger partial charge < -0.3 is 9.32 Å². The molecule has 1 saturated heterocycles. The van der Waals surface area contributed by atoms with Crippen LogP contribution in [0.4, 0.5) is 0 Å². The highest BCUT2D eigenvalue weighted by atomic mass is 16.3. The SMILES string of the molecule is CCc1oc2ccccc2c1/C=N\N1CCN(C)CC1. The van der Waals surface area contributed by atoms with E-state index < -0.39 is 0 Å². The molecule has 2 heterocycles. The first-order valence-corrected chi connectivity index (χ1v) is 7.26. The number of hydrazone groups is 1. The van der Waals surface area contributed by atoms with Crippen molar-refractivity contribution < 1.29 is 4.42 Å². The van der Waals surface area contributed by atoms with Crippen LogP contribution < -0.4 is 0 Å². The number of piperazine rings is 1. The van der Waals surface area contributed by atoms with Crippen LogP contribution >= 0.6 is 0 Å². The number of para-hydroxylation sites is 1. The minimum atomic E-state index is 0.888. The first-order chi connectivity index (χ1) is 9.78. The maximum atomic E-state index is 5.89. The second-order valence-electron chi connectivity index (χ2n) is 5.29. The smallest absolute Gasteiger partial charge is 0.134 e. The van der Waals surface area contributed by atoms with Crippen LogP contribution in [0.25, 0.3) is 11.0 Å². The summed E-state index contributed by atoms with van der Waals surface area (Å²) in [5, 5.41) is 7.94. The molecular weight excluding hydrogens is 250 g/mol. The predicted molar refractivity (Wildman–Crippen MR) is 82.3 cm³/mol. The molecule has 0 bridgehead atoms. The average Bonchev–Trinajstić information content (AvgIpc) is 2.84. The Labute approximate surface area is 119 Å². The summed E-state index contributed by atoms with van der Waals surface area (Å²) in [7, 11) is 2.15. The molecule has 3 rings (SSSR count). The maximum Gasteiger partial charge on any atom is 0.134 e. The van der Waals surface area contributed by atoms with Gasteiger partial charge >= 0.3 is 0 Å². The molecule has 0 aliphatic carbocycles. The van der Waals surface area contributed by atoms with Crippen molar-refractivity contribution in [2.45, 2.75) is 13.3 Å². The Bertz CT molecular complexity index is 609. The van der Waals surface area contributed by atoms with Gasteiger partial charge in [-0.2, -0.15) is 5.10 Å². The highest BCUT2D eigenvalue weighted by molar-refractivity contribution is 5.99. The van der Waals surface area contributed by atoms with Gasteiger partial charge in [0.05, 0.1) is 6.21 Å². The number of nitrogens with zero attached hydrogens (tertiary/aromatic N) is 3. The van der Waals surface area contributed by atoms with E-state index in [0.717, 1.165) is 54.9 Å². The number of likely N-dealkylation sites (N-methyl/N-ethyl adjacent to an activating group) is 1. The van der Waals surface area contributed by atoms with Crippen LogP contribution in [0.15, 0.2) is 33.8 Å². The van der Waals surface area contributed by atoms with Gasteiger partial charge in [-0.3, -0.25) is 5.01 Å². The van der Waals surface area contributed by atoms with Gasteiger partial charge in [0, 0.05) is 43.5 Å². The summed E-state index contributed by atoms with van der Waals surface area (Å²) in [6, 6.07) is 8.17. The minimum absolute atomic E-state index is 0.888. The van der Waals surface area contributed by atoms with E-state index in [0.29, 0.717) is 0 Å². The summed E-state index contributed by atoms with van der Waals surface area (Å²) in [6.07, 6.45) is 2.86. The third kappa shape index (κ3) is 2.56. The second-order valence-corrected chi connectivity index (χ2v) is 5.29. The van der Waals surface area contributed by atoms with Crippen LogP contribution in [0.5, 0.6) is 0 Å². The summed E-state index contributed by atoms with van der Waals surface area (Å²) in [4.78, 5) is 2.33. The Morgan fingerprint density at radius 3 is 2.70 bits per heavy atom. The topological polar surface area (TPSA) is 32.0 Å². The highest BCUT2D eigenvalue weighted by Gasteiger charge is 2.13. The summed E-state index contributed by atoms with van der Waals surface area (Å²) in [5.74, 6) is 1.02. The molecule has 4 heteroatoms. The monoisotopic (exact) mass is 271 g/mol. The molecule has 0 amide bonds. The number of hydrogen-bond donors (Lipinski definition) is 0. The van der Waals surface area contributed by atoms with Crippen molar-refractivity contribution in [3.63, 3.8) is 0 Å². The molecule has 0 N–H and O–H groups in total. The second kappa shape index (κ2) is 5.67. The minimum Gasteiger partial charge on any atom is -0.460 e. The average molecular weight is 271 g/mol. The van der Waals surface area contributed by atoms with Gasteiger partial charge in [0.15, 0.2) is 0 Å². The Morgan fingerprint density at radius 2 is 1.95 bits per heavy atom. The summed E-state index contributed by atoms with van der Waals surface area (Å²) >= 11 is 0. The molecule has 1 aromatic heterocycles. The fourth-order valence-corrected chi connectivity index (χ4v) is 2.57. The largest absolute Gasteiger partial charge is 0.460 e. The van der Waals surface area contributed by atoms with Crippen molar-refractivity contribution in [2.75, 3.05) is 33.2 Å². The molecule has 106 valence electrons. The quantitative estimate of drug-likeness (QED) is 0.804. The fourth-order valence-electron chi connectivity index (χ4n) is 2.57. The van der Waals surface area contributed by atoms with Gasteiger partial charge in [-0.05, 0) is 13.1 Å². The van der Waals surface area contributed by atoms with Crippen LogP contribution in [0.3, 0.4) is 0 Å². The Balaban J connectivity index is 1.86. The first-order valence-electron chi connectivity index (χ1n) is 7.26. The molecule has 4 nitrogen and oxygen atoms in total.